The van der Waals surface area contributed by atoms with Gasteiger partial charge in [-0.3, -0.25) is 0 Å². The van der Waals surface area contributed by atoms with Gasteiger partial charge in [-0.2, -0.15) is 5.10 Å². The number of rotatable bonds is 9. The number of pyridine rings is 1. The molecule has 0 aliphatic heterocycles. The van der Waals surface area contributed by atoms with Crippen LogP contribution in [0.4, 0.5) is 4.39 Å². The number of halogens is 1. The Labute approximate surface area is 199 Å². The summed E-state index contributed by atoms with van der Waals surface area (Å²) in [5.41, 5.74) is 3.70. The predicted octanol–water partition coefficient (Wildman–Crippen LogP) is 5.49. The summed E-state index contributed by atoms with van der Waals surface area (Å²) in [6.07, 6.45) is 5.44. The summed E-state index contributed by atoms with van der Waals surface area (Å²) in [6, 6.07) is 10.8. The maximum Gasteiger partial charge on any atom is 0.357 e. The van der Waals surface area contributed by atoms with Crippen LogP contribution in [0.1, 0.15) is 17.4 Å². The molecule has 0 atom stereocenters. The molecule has 178 valence electrons. The predicted molar refractivity (Wildman–Crippen MR) is 132 cm³/mol. The second kappa shape index (κ2) is 9.90. The van der Waals surface area contributed by atoms with Crippen LogP contribution in [0, 0.1) is 5.82 Å². The summed E-state index contributed by atoms with van der Waals surface area (Å²) in [5, 5.41) is 4.75. The molecule has 1 aromatic carbocycles. The van der Waals surface area contributed by atoms with Crippen LogP contribution in [-0.2, 0) is 16.2 Å². The molecule has 0 radical (unpaired) electrons. The lowest BCUT2D eigenvalue weighted by atomic mass is 10.00. The van der Waals surface area contributed by atoms with Crippen LogP contribution in [0.3, 0.4) is 0 Å². The van der Waals surface area contributed by atoms with E-state index in [4.69, 9.17) is 14.6 Å². The van der Waals surface area contributed by atoms with Crippen LogP contribution in [0.2, 0.25) is 25.7 Å². The second-order valence-corrected chi connectivity index (χ2v) is 14.9. The van der Waals surface area contributed by atoms with E-state index in [9.17, 15) is 9.18 Å². The zero-order chi connectivity index (χ0) is 24.3. The van der Waals surface area contributed by atoms with Gasteiger partial charge in [-0.15, -0.1) is 0 Å². The van der Waals surface area contributed by atoms with E-state index in [-0.39, 0.29) is 19.2 Å². The SMILES string of the molecule is CCOC(=O)c1c(-c2ccc3nccn3c2)c(-c2ccc(F)cc2)nn1COCC[Si](C)(C)C. The van der Waals surface area contributed by atoms with E-state index in [0.717, 1.165) is 17.3 Å². The van der Waals surface area contributed by atoms with Crippen LogP contribution in [0.5, 0.6) is 0 Å². The fourth-order valence-corrected chi connectivity index (χ4v) is 4.40. The Morgan fingerprint density at radius 2 is 1.82 bits per heavy atom. The molecule has 4 rings (SSSR count). The molecule has 0 aliphatic carbocycles. The number of nitrogens with zero attached hydrogens (tertiary/aromatic N) is 4. The highest BCUT2D eigenvalue weighted by Gasteiger charge is 2.27. The minimum Gasteiger partial charge on any atom is -0.461 e. The van der Waals surface area contributed by atoms with Gasteiger partial charge in [-0.1, -0.05) is 19.6 Å². The van der Waals surface area contributed by atoms with E-state index in [0.29, 0.717) is 29.1 Å². The lowest BCUT2D eigenvalue weighted by molar-refractivity contribution is 0.0457. The van der Waals surface area contributed by atoms with Crippen LogP contribution in [-0.4, -0.2) is 46.4 Å². The molecule has 0 aliphatic rings. The molecule has 9 heteroatoms. The van der Waals surface area contributed by atoms with Gasteiger partial charge in [0.2, 0.25) is 0 Å². The van der Waals surface area contributed by atoms with E-state index >= 15 is 0 Å². The molecule has 34 heavy (non-hydrogen) atoms. The van der Waals surface area contributed by atoms with Crippen molar-refractivity contribution in [2.45, 2.75) is 39.3 Å². The van der Waals surface area contributed by atoms with Gasteiger partial charge in [-0.25, -0.2) is 18.9 Å². The summed E-state index contributed by atoms with van der Waals surface area (Å²) in [7, 11) is -1.27. The Morgan fingerprint density at radius 3 is 2.53 bits per heavy atom. The third-order valence-electron chi connectivity index (χ3n) is 5.43. The Hall–Kier alpha value is -3.30. The highest BCUT2D eigenvalue weighted by atomic mass is 28.3. The minimum absolute atomic E-state index is 0.111. The minimum atomic E-state index is -1.27. The highest BCUT2D eigenvalue weighted by Crippen LogP contribution is 2.35. The smallest absolute Gasteiger partial charge is 0.357 e. The monoisotopic (exact) mass is 480 g/mol. The molecular formula is C25H29FN4O3Si. The number of hydrogen-bond donors (Lipinski definition) is 0. The van der Waals surface area contributed by atoms with E-state index in [1.54, 1.807) is 29.9 Å². The second-order valence-electron chi connectivity index (χ2n) is 9.26. The standard InChI is InChI=1S/C25H29FN4O3Si/c1-5-33-25(31)24-22(19-8-11-21-27-12-13-29(21)16-19)23(18-6-9-20(26)10-7-18)28-30(24)17-32-14-15-34(2,3)4/h6-13,16H,5,14-15,17H2,1-4H3. The van der Waals surface area contributed by atoms with Gasteiger partial charge in [0, 0.05) is 50.0 Å². The van der Waals surface area contributed by atoms with Gasteiger partial charge in [-0.05, 0) is 49.4 Å². The Kier molecular flexibility index (Phi) is 6.94. The molecule has 3 heterocycles. The van der Waals surface area contributed by atoms with Crippen molar-refractivity contribution in [3.05, 3.63) is 66.5 Å². The van der Waals surface area contributed by atoms with Crippen LogP contribution >= 0.6 is 0 Å². The molecule has 0 N–H and O–H groups in total. The normalized spacial score (nSPS) is 11.8. The van der Waals surface area contributed by atoms with E-state index in [1.807, 2.05) is 28.9 Å². The van der Waals surface area contributed by atoms with Gasteiger partial charge in [0.1, 0.15) is 23.9 Å². The molecule has 0 bridgehead atoms. The highest BCUT2D eigenvalue weighted by molar-refractivity contribution is 6.76. The summed E-state index contributed by atoms with van der Waals surface area (Å²) >= 11 is 0. The molecule has 0 unspecified atom stereocenters. The molecule has 3 aromatic heterocycles. The van der Waals surface area contributed by atoms with Gasteiger partial charge < -0.3 is 13.9 Å². The molecular weight excluding hydrogens is 451 g/mol. The van der Waals surface area contributed by atoms with E-state index in [2.05, 4.69) is 24.6 Å². The molecule has 7 nitrogen and oxygen atoms in total. The lowest BCUT2D eigenvalue weighted by Crippen LogP contribution is -2.22. The number of fused-ring (bicyclic) bond motifs is 1. The summed E-state index contributed by atoms with van der Waals surface area (Å²) < 4.78 is 28.4. The average molecular weight is 481 g/mol. The number of hydrogen-bond acceptors (Lipinski definition) is 5. The Bertz CT molecular complexity index is 1290. The maximum atomic E-state index is 13.7. The van der Waals surface area contributed by atoms with Crippen molar-refractivity contribution in [3.8, 4) is 22.4 Å². The van der Waals surface area contributed by atoms with Gasteiger partial charge >= 0.3 is 5.97 Å². The van der Waals surface area contributed by atoms with Crippen LogP contribution < -0.4 is 0 Å². The molecule has 0 fully saturated rings. The van der Waals surface area contributed by atoms with Crippen molar-refractivity contribution < 1.29 is 18.7 Å². The van der Waals surface area contributed by atoms with Gasteiger partial charge in [0.05, 0.1) is 6.61 Å². The first-order valence-corrected chi connectivity index (χ1v) is 15.0. The first-order chi connectivity index (χ1) is 16.3. The van der Waals surface area contributed by atoms with Crippen molar-refractivity contribution >= 4 is 19.7 Å². The number of aromatic nitrogens is 4. The molecule has 0 saturated carbocycles. The number of carbonyl (C=O) groups is 1. The molecule has 0 amide bonds. The Morgan fingerprint density at radius 1 is 1.09 bits per heavy atom. The maximum absolute atomic E-state index is 13.7. The van der Waals surface area contributed by atoms with E-state index < -0.39 is 14.0 Å². The number of carbonyl (C=O) groups excluding carboxylic acids is 1. The number of ether oxygens (including phenoxy) is 2. The summed E-state index contributed by atoms with van der Waals surface area (Å²) in [4.78, 5) is 17.5. The molecule has 0 spiro atoms. The molecule has 4 aromatic rings. The molecule has 0 saturated heterocycles. The Balaban J connectivity index is 1.84. The first kappa shape index (κ1) is 23.8. The zero-order valence-electron chi connectivity index (χ0n) is 19.9. The largest absolute Gasteiger partial charge is 0.461 e. The third-order valence-corrected chi connectivity index (χ3v) is 7.13. The van der Waals surface area contributed by atoms with Crippen molar-refractivity contribution in [2.75, 3.05) is 13.2 Å². The van der Waals surface area contributed by atoms with Gasteiger partial charge in [0.25, 0.3) is 0 Å². The summed E-state index contributed by atoms with van der Waals surface area (Å²) in [5.74, 6) is -0.831. The van der Waals surface area contributed by atoms with E-state index in [1.165, 1.54) is 12.1 Å². The fourth-order valence-electron chi connectivity index (χ4n) is 3.64. The fraction of sp³-hybridized carbons (Fsp3) is 0.320. The lowest BCUT2D eigenvalue weighted by Gasteiger charge is -2.16. The van der Waals surface area contributed by atoms with Crippen molar-refractivity contribution in [3.63, 3.8) is 0 Å². The average Bonchev–Trinajstić information content (AvgIpc) is 3.41. The topological polar surface area (TPSA) is 70.6 Å². The van der Waals surface area contributed by atoms with Gasteiger partial charge in [0.15, 0.2) is 5.69 Å². The quantitative estimate of drug-likeness (QED) is 0.180. The van der Waals surface area contributed by atoms with Crippen molar-refractivity contribution in [1.82, 2.24) is 19.2 Å². The first-order valence-electron chi connectivity index (χ1n) is 11.3. The summed E-state index contributed by atoms with van der Waals surface area (Å²) in [6.45, 7) is 9.54. The number of imidazole rings is 1. The van der Waals surface area contributed by atoms with Crippen molar-refractivity contribution in [2.24, 2.45) is 0 Å². The van der Waals surface area contributed by atoms with Crippen LogP contribution in [0.15, 0.2) is 55.0 Å². The number of esters is 1. The van der Waals surface area contributed by atoms with Crippen molar-refractivity contribution in [1.29, 1.82) is 0 Å². The zero-order valence-corrected chi connectivity index (χ0v) is 20.9. The third kappa shape index (κ3) is 5.26. The number of benzene rings is 1. The van der Waals surface area contributed by atoms with Crippen LogP contribution in [0.25, 0.3) is 28.0 Å².